The minimum atomic E-state index is -4.70. The molecule has 3 fully saturated rings. The lowest BCUT2D eigenvalue weighted by Gasteiger charge is -2.35. The number of fused-ring (bicyclic) bond motifs is 5. The van der Waals surface area contributed by atoms with Gasteiger partial charge in [-0.3, -0.25) is 14.6 Å². The van der Waals surface area contributed by atoms with Crippen molar-refractivity contribution in [3.8, 4) is 6.07 Å². The van der Waals surface area contributed by atoms with E-state index in [2.05, 4.69) is 0 Å². The SMILES string of the molecule is CC(C)(C)OC(=O)N1CC2CC1[C@H]1C(=O)N(c3ccc(C#N)c(C(F)(F)F)c3)CN21. The zero-order valence-corrected chi connectivity index (χ0v) is 16.7. The third-order valence-electron chi connectivity index (χ3n) is 5.70. The molecule has 0 saturated carbocycles. The van der Waals surface area contributed by atoms with Gasteiger partial charge in [0.05, 0.1) is 29.9 Å². The molecule has 3 saturated heterocycles. The van der Waals surface area contributed by atoms with Gasteiger partial charge in [-0.2, -0.15) is 18.4 Å². The number of carbonyl (C=O) groups excluding carboxylic acids is 2. The van der Waals surface area contributed by atoms with Crippen molar-refractivity contribution in [3.05, 3.63) is 29.3 Å². The van der Waals surface area contributed by atoms with E-state index in [1.54, 1.807) is 31.7 Å². The van der Waals surface area contributed by atoms with Gasteiger partial charge in [-0.15, -0.1) is 0 Å². The number of amides is 2. The smallest absolute Gasteiger partial charge is 0.417 e. The largest absolute Gasteiger partial charge is 0.444 e. The molecule has 2 bridgehead atoms. The second-order valence-corrected chi connectivity index (χ2v) is 8.80. The molecule has 30 heavy (non-hydrogen) atoms. The third-order valence-corrected chi connectivity index (χ3v) is 5.70. The molecule has 0 radical (unpaired) electrons. The van der Waals surface area contributed by atoms with Crippen molar-refractivity contribution in [1.82, 2.24) is 9.80 Å². The third kappa shape index (κ3) is 3.27. The fraction of sp³-hybridized carbons (Fsp3) is 0.550. The number of rotatable bonds is 1. The predicted molar refractivity (Wildman–Crippen MR) is 99.3 cm³/mol. The van der Waals surface area contributed by atoms with Gasteiger partial charge >= 0.3 is 12.3 Å². The van der Waals surface area contributed by atoms with Crippen molar-refractivity contribution in [3.63, 3.8) is 0 Å². The van der Waals surface area contributed by atoms with Crippen LogP contribution in [0.1, 0.15) is 38.3 Å². The number of carbonyl (C=O) groups is 2. The van der Waals surface area contributed by atoms with Gasteiger partial charge in [0.25, 0.3) is 0 Å². The van der Waals surface area contributed by atoms with E-state index in [-0.39, 0.29) is 30.3 Å². The molecule has 1 aromatic rings. The van der Waals surface area contributed by atoms with Crippen molar-refractivity contribution >= 4 is 17.7 Å². The molecule has 4 rings (SSSR count). The Balaban J connectivity index is 1.59. The van der Waals surface area contributed by atoms with Gasteiger partial charge in [0.2, 0.25) is 5.91 Å². The number of alkyl halides is 3. The lowest BCUT2D eigenvalue weighted by molar-refractivity contribution is -0.137. The highest BCUT2D eigenvalue weighted by atomic mass is 19.4. The van der Waals surface area contributed by atoms with Crippen LogP contribution in [-0.4, -0.2) is 58.7 Å². The van der Waals surface area contributed by atoms with Gasteiger partial charge in [-0.05, 0) is 45.4 Å². The number of anilines is 1. The Morgan fingerprint density at radius 2 is 1.97 bits per heavy atom. The number of hydrogen-bond donors (Lipinski definition) is 0. The maximum absolute atomic E-state index is 13.3. The normalized spacial score (nSPS) is 26.2. The fourth-order valence-electron chi connectivity index (χ4n) is 4.50. The Morgan fingerprint density at radius 3 is 2.57 bits per heavy atom. The minimum absolute atomic E-state index is 0.0538. The molecule has 3 heterocycles. The Bertz CT molecular complexity index is 950. The Labute approximate surface area is 171 Å². The molecule has 0 aromatic heterocycles. The highest BCUT2D eigenvalue weighted by molar-refractivity contribution is 6.00. The molecule has 2 unspecified atom stereocenters. The number of ether oxygens (including phenoxy) is 1. The van der Waals surface area contributed by atoms with Crippen LogP contribution in [0.2, 0.25) is 0 Å². The summed E-state index contributed by atoms with van der Waals surface area (Å²) < 4.78 is 45.4. The van der Waals surface area contributed by atoms with E-state index >= 15 is 0 Å². The van der Waals surface area contributed by atoms with Crippen molar-refractivity contribution in [2.45, 2.75) is 57.1 Å². The second kappa shape index (κ2) is 6.60. The highest BCUT2D eigenvalue weighted by Gasteiger charge is 2.60. The van der Waals surface area contributed by atoms with Gasteiger partial charge in [-0.1, -0.05) is 0 Å². The second-order valence-electron chi connectivity index (χ2n) is 8.80. The van der Waals surface area contributed by atoms with Crippen LogP contribution < -0.4 is 4.90 Å². The summed E-state index contributed by atoms with van der Waals surface area (Å²) in [6, 6.07) is 3.77. The molecule has 3 aliphatic rings. The molecule has 7 nitrogen and oxygen atoms in total. The molecule has 10 heteroatoms. The Hall–Kier alpha value is -2.80. The first kappa shape index (κ1) is 20.5. The first-order chi connectivity index (χ1) is 13.9. The first-order valence-electron chi connectivity index (χ1n) is 9.59. The summed E-state index contributed by atoms with van der Waals surface area (Å²) in [4.78, 5) is 30.4. The summed E-state index contributed by atoms with van der Waals surface area (Å²) in [6.07, 6.45) is -4.56. The fourth-order valence-corrected chi connectivity index (χ4v) is 4.50. The summed E-state index contributed by atoms with van der Waals surface area (Å²) >= 11 is 0. The van der Waals surface area contributed by atoms with Crippen LogP contribution in [0.5, 0.6) is 0 Å². The van der Waals surface area contributed by atoms with Gasteiger partial charge in [0, 0.05) is 18.3 Å². The molecule has 0 N–H and O–H groups in total. The minimum Gasteiger partial charge on any atom is -0.444 e. The van der Waals surface area contributed by atoms with Gasteiger partial charge in [-0.25, -0.2) is 4.79 Å². The average Bonchev–Trinajstić information content (AvgIpc) is 3.30. The number of benzene rings is 1. The number of likely N-dealkylation sites (tertiary alicyclic amines) is 1. The molecule has 160 valence electrons. The van der Waals surface area contributed by atoms with Crippen molar-refractivity contribution in [1.29, 1.82) is 5.26 Å². The van der Waals surface area contributed by atoms with Gasteiger partial charge in [0.15, 0.2) is 0 Å². The van der Waals surface area contributed by atoms with E-state index < -0.39 is 35.0 Å². The molecule has 2 amide bonds. The van der Waals surface area contributed by atoms with Crippen LogP contribution in [0.4, 0.5) is 23.7 Å². The molecule has 3 aliphatic heterocycles. The number of halogens is 3. The lowest BCUT2D eigenvalue weighted by atomic mass is 10.1. The monoisotopic (exact) mass is 422 g/mol. The predicted octanol–water partition coefficient (Wildman–Crippen LogP) is 2.94. The average molecular weight is 422 g/mol. The quantitative estimate of drug-likeness (QED) is 0.696. The Kier molecular flexibility index (Phi) is 4.51. The van der Waals surface area contributed by atoms with Crippen molar-refractivity contribution < 1.29 is 27.5 Å². The number of nitrogens with zero attached hydrogens (tertiary/aromatic N) is 4. The van der Waals surface area contributed by atoms with E-state index in [1.807, 2.05) is 4.90 Å². The summed E-state index contributed by atoms with van der Waals surface area (Å²) in [7, 11) is 0. The van der Waals surface area contributed by atoms with Crippen molar-refractivity contribution in [2.75, 3.05) is 18.1 Å². The number of hydrogen-bond acceptors (Lipinski definition) is 5. The lowest BCUT2D eigenvalue weighted by Crippen LogP contribution is -2.55. The van der Waals surface area contributed by atoms with E-state index in [9.17, 15) is 22.8 Å². The zero-order chi connectivity index (χ0) is 22.0. The molecule has 0 spiro atoms. The van der Waals surface area contributed by atoms with E-state index in [0.29, 0.717) is 13.0 Å². The number of nitriles is 1. The van der Waals surface area contributed by atoms with Gasteiger partial charge < -0.3 is 9.64 Å². The van der Waals surface area contributed by atoms with Crippen LogP contribution in [0, 0.1) is 11.3 Å². The highest BCUT2D eigenvalue weighted by Crippen LogP contribution is 2.42. The molecule has 1 aromatic carbocycles. The van der Waals surface area contributed by atoms with E-state index in [4.69, 9.17) is 10.00 Å². The molecular formula is C20H21F3N4O3. The number of piperazine rings is 1. The van der Waals surface area contributed by atoms with Crippen molar-refractivity contribution in [2.24, 2.45) is 0 Å². The summed E-state index contributed by atoms with van der Waals surface area (Å²) in [5.74, 6) is -0.353. The molecular weight excluding hydrogens is 401 g/mol. The van der Waals surface area contributed by atoms with Crippen LogP contribution in [0.15, 0.2) is 18.2 Å². The van der Waals surface area contributed by atoms with Crippen LogP contribution >= 0.6 is 0 Å². The Morgan fingerprint density at radius 1 is 1.27 bits per heavy atom. The standard InChI is InChI=1S/C20H21F3N4O3/c1-19(2,3)30-18(29)25-9-13-7-15(25)16-17(28)27(10-26(13)16)12-5-4-11(8-24)14(6-12)20(21,22)23/h4-6,13,15-16H,7,9-10H2,1-3H3/t13?,15?,16-/m0/s1. The molecule has 0 aliphatic carbocycles. The topological polar surface area (TPSA) is 76.9 Å². The summed E-state index contributed by atoms with van der Waals surface area (Å²) in [6.45, 7) is 5.85. The molecule has 3 atom stereocenters. The van der Waals surface area contributed by atoms with Crippen LogP contribution in [0.3, 0.4) is 0 Å². The van der Waals surface area contributed by atoms with E-state index in [0.717, 1.165) is 12.1 Å². The summed E-state index contributed by atoms with van der Waals surface area (Å²) in [5, 5.41) is 8.97. The van der Waals surface area contributed by atoms with Crippen LogP contribution in [-0.2, 0) is 15.7 Å². The zero-order valence-electron chi connectivity index (χ0n) is 16.7. The maximum Gasteiger partial charge on any atom is 0.417 e. The van der Waals surface area contributed by atoms with E-state index in [1.165, 1.54) is 11.0 Å². The van der Waals surface area contributed by atoms with Crippen LogP contribution in [0.25, 0.3) is 0 Å². The van der Waals surface area contributed by atoms with Gasteiger partial charge in [0.1, 0.15) is 11.6 Å². The summed E-state index contributed by atoms with van der Waals surface area (Å²) in [5.41, 5.74) is -2.14. The maximum atomic E-state index is 13.3. The first-order valence-corrected chi connectivity index (χ1v) is 9.59.